The van der Waals surface area contributed by atoms with Crippen molar-refractivity contribution in [2.45, 2.75) is 12.8 Å². The molecule has 0 heterocycles. The van der Waals surface area contributed by atoms with Gasteiger partial charge in [0.25, 0.3) is 0 Å². The van der Waals surface area contributed by atoms with E-state index in [2.05, 4.69) is 16.0 Å². The summed E-state index contributed by atoms with van der Waals surface area (Å²) in [4.78, 5) is 23.0. The fourth-order valence-corrected chi connectivity index (χ4v) is 1.72. The van der Waals surface area contributed by atoms with E-state index >= 15 is 0 Å². The van der Waals surface area contributed by atoms with E-state index in [0.29, 0.717) is 11.6 Å². The van der Waals surface area contributed by atoms with Crippen LogP contribution in [0, 0.1) is 11.7 Å². The summed E-state index contributed by atoms with van der Waals surface area (Å²) < 4.78 is 12.9. The van der Waals surface area contributed by atoms with Crippen molar-refractivity contribution in [1.29, 1.82) is 0 Å². The lowest BCUT2D eigenvalue weighted by molar-refractivity contribution is -0.123. The van der Waals surface area contributed by atoms with E-state index in [-0.39, 0.29) is 37.3 Å². The van der Waals surface area contributed by atoms with E-state index in [9.17, 15) is 14.0 Å². The molecule has 1 aromatic rings. The number of carbonyl (C=O) groups excluding carboxylic acids is 2. The van der Waals surface area contributed by atoms with Gasteiger partial charge < -0.3 is 16.0 Å². The molecule has 3 N–H and O–H groups in total. The Balaban J connectivity index is 0.00000220. The predicted molar refractivity (Wildman–Crippen MR) is 80.9 cm³/mol. The molecule has 0 atom stereocenters. The Morgan fingerprint density at radius 2 is 1.95 bits per heavy atom. The first kappa shape index (κ1) is 17.4. The molecule has 0 aliphatic heterocycles. The predicted octanol–water partition coefficient (Wildman–Crippen LogP) is 1.30. The molecule has 0 unspecified atom stereocenters. The molecule has 2 rings (SSSR count). The van der Waals surface area contributed by atoms with Crippen molar-refractivity contribution >= 4 is 29.9 Å². The van der Waals surface area contributed by atoms with E-state index in [1.807, 2.05) is 0 Å². The molecule has 21 heavy (non-hydrogen) atoms. The van der Waals surface area contributed by atoms with Crippen molar-refractivity contribution in [3.8, 4) is 0 Å². The fraction of sp³-hybridized carbons (Fsp3) is 0.429. The number of anilines is 1. The zero-order chi connectivity index (χ0) is 14.4. The first-order valence-electron chi connectivity index (χ1n) is 6.66. The van der Waals surface area contributed by atoms with Gasteiger partial charge >= 0.3 is 0 Å². The van der Waals surface area contributed by atoms with E-state index in [4.69, 9.17) is 0 Å². The summed E-state index contributed by atoms with van der Waals surface area (Å²) in [5.41, 5.74) is 0.371. The Bertz CT molecular complexity index is 495. The maximum Gasteiger partial charge on any atom is 0.243 e. The van der Waals surface area contributed by atoms with Gasteiger partial charge in [-0.3, -0.25) is 9.59 Å². The number of hydrogen-bond acceptors (Lipinski definition) is 3. The average molecular weight is 316 g/mol. The lowest BCUT2D eigenvalue weighted by atomic mass is 10.3. The average Bonchev–Trinajstić information content (AvgIpc) is 3.20. The molecule has 1 aliphatic rings. The first-order valence-corrected chi connectivity index (χ1v) is 6.66. The van der Waals surface area contributed by atoms with Crippen LogP contribution in [0.1, 0.15) is 12.8 Å². The Hall–Kier alpha value is -1.66. The molecule has 0 spiro atoms. The maximum atomic E-state index is 12.9. The number of benzene rings is 1. The number of hydrogen-bond donors (Lipinski definition) is 3. The fourth-order valence-electron chi connectivity index (χ4n) is 1.72. The molecule has 1 saturated carbocycles. The number of halogens is 2. The van der Waals surface area contributed by atoms with Crippen LogP contribution in [0.15, 0.2) is 24.3 Å². The monoisotopic (exact) mass is 315 g/mol. The SMILES string of the molecule is Cl.O=C(CNCC1CC1)NCC(=O)Nc1cccc(F)c1. The van der Waals surface area contributed by atoms with Crippen LogP contribution < -0.4 is 16.0 Å². The molecule has 2 amide bonds. The van der Waals surface area contributed by atoms with Crippen LogP contribution >= 0.6 is 12.4 Å². The highest BCUT2D eigenvalue weighted by atomic mass is 35.5. The van der Waals surface area contributed by atoms with Gasteiger partial charge in [-0.2, -0.15) is 0 Å². The second kappa shape index (κ2) is 8.59. The molecule has 0 radical (unpaired) electrons. The Kier molecular flexibility index (Phi) is 7.11. The van der Waals surface area contributed by atoms with Crippen LogP contribution in [0.25, 0.3) is 0 Å². The van der Waals surface area contributed by atoms with Gasteiger partial charge in [0.15, 0.2) is 0 Å². The molecular weight excluding hydrogens is 297 g/mol. The highest BCUT2D eigenvalue weighted by Gasteiger charge is 2.20. The largest absolute Gasteiger partial charge is 0.346 e. The maximum absolute atomic E-state index is 12.9. The highest BCUT2D eigenvalue weighted by Crippen LogP contribution is 2.27. The molecule has 116 valence electrons. The van der Waals surface area contributed by atoms with Crippen LogP contribution in [0.2, 0.25) is 0 Å². The van der Waals surface area contributed by atoms with Crippen molar-refractivity contribution in [2.75, 3.05) is 25.0 Å². The number of carbonyl (C=O) groups is 2. The van der Waals surface area contributed by atoms with Crippen molar-refractivity contribution in [3.05, 3.63) is 30.1 Å². The second-order valence-electron chi connectivity index (χ2n) is 4.91. The zero-order valence-corrected chi connectivity index (χ0v) is 12.3. The van der Waals surface area contributed by atoms with Gasteiger partial charge in [-0.25, -0.2) is 4.39 Å². The zero-order valence-electron chi connectivity index (χ0n) is 11.5. The number of amides is 2. The van der Waals surface area contributed by atoms with E-state index in [1.165, 1.54) is 31.0 Å². The topological polar surface area (TPSA) is 70.2 Å². The summed E-state index contributed by atoms with van der Waals surface area (Å²) >= 11 is 0. The number of rotatable bonds is 7. The Morgan fingerprint density at radius 3 is 2.62 bits per heavy atom. The third kappa shape index (κ3) is 7.06. The van der Waals surface area contributed by atoms with E-state index < -0.39 is 5.82 Å². The highest BCUT2D eigenvalue weighted by molar-refractivity contribution is 5.94. The quantitative estimate of drug-likeness (QED) is 0.710. The molecule has 7 heteroatoms. The standard InChI is InChI=1S/C14H18FN3O2.ClH/c15-11-2-1-3-12(6-11)18-14(20)9-17-13(19)8-16-7-10-4-5-10;/h1-3,6,10,16H,4-5,7-9H2,(H,17,19)(H,18,20);1H. The first-order chi connectivity index (χ1) is 9.63. The van der Waals surface area contributed by atoms with Gasteiger partial charge in [-0.1, -0.05) is 6.07 Å². The lowest BCUT2D eigenvalue weighted by Gasteiger charge is -2.07. The van der Waals surface area contributed by atoms with Crippen LogP contribution in [-0.2, 0) is 9.59 Å². The summed E-state index contributed by atoms with van der Waals surface area (Å²) in [5.74, 6) is -0.318. The van der Waals surface area contributed by atoms with Crippen LogP contribution in [0.5, 0.6) is 0 Å². The second-order valence-corrected chi connectivity index (χ2v) is 4.91. The van der Waals surface area contributed by atoms with Gasteiger partial charge in [0.2, 0.25) is 11.8 Å². The van der Waals surface area contributed by atoms with E-state index in [1.54, 1.807) is 6.07 Å². The summed E-state index contributed by atoms with van der Waals surface area (Å²) in [5, 5.41) is 8.05. The molecule has 0 bridgehead atoms. The van der Waals surface area contributed by atoms with E-state index in [0.717, 1.165) is 6.54 Å². The smallest absolute Gasteiger partial charge is 0.243 e. The van der Waals surface area contributed by atoms with Crippen molar-refractivity contribution < 1.29 is 14.0 Å². The lowest BCUT2D eigenvalue weighted by Crippen LogP contribution is -2.38. The molecule has 1 aromatic carbocycles. The van der Waals surface area contributed by atoms with Gasteiger partial charge in [0.1, 0.15) is 5.82 Å². The summed E-state index contributed by atoms with van der Waals surface area (Å²) in [6, 6.07) is 5.60. The summed E-state index contributed by atoms with van der Waals surface area (Å²) in [6.07, 6.45) is 2.45. The molecule has 0 saturated heterocycles. The summed E-state index contributed by atoms with van der Waals surface area (Å²) in [7, 11) is 0. The Morgan fingerprint density at radius 1 is 1.19 bits per heavy atom. The number of nitrogens with one attached hydrogen (secondary N) is 3. The van der Waals surface area contributed by atoms with Crippen molar-refractivity contribution in [3.63, 3.8) is 0 Å². The molecule has 1 aliphatic carbocycles. The van der Waals surface area contributed by atoms with Crippen LogP contribution in [0.3, 0.4) is 0 Å². The van der Waals surface area contributed by atoms with Gasteiger partial charge in [0.05, 0.1) is 13.1 Å². The van der Waals surface area contributed by atoms with Crippen molar-refractivity contribution in [2.24, 2.45) is 5.92 Å². The van der Waals surface area contributed by atoms with Gasteiger partial charge in [-0.15, -0.1) is 12.4 Å². The minimum Gasteiger partial charge on any atom is -0.346 e. The van der Waals surface area contributed by atoms with Crippen LogP contribution in [-0.4, -0.2) is 31.4 Å². The Labute approximate surface area is 129 Å². The molecule has 5 nitrogen and oxygen atoms in total. The van der Waals surface area contributed by atoms with Gasteiger partial charge in [0, 0.05) is 5.69 Å². The third-order valence-electron chi connectivity index (χ3n) is 2.97. The molecule has 0 aromatic heterocycles. The van der Waals surface area contributed by atoms with Crippen molar-refractivity contribution in [1.82, 2.24) is 10.6 Å². The summed E-state index contributed by atoms with van der Waals surface area (Å²) in [6.45, 7) is 0.938. The normalized spacial score (nSPS) is 13.2. The molecule has 1 fully saturated rings. The van der Waals surface area contributed by atoms with Crippen LogP contribution in [0.4, 0.5) is 10.1 Å². The minimum absolute atomic E-state index is 0. The minimum atomic E-state index is -0.420. The molecular formula is C14H19ClFN3O2. The van der Waals surface area contributed by atoms with Gasteiger partial charge in [-0.05, 0) is 43.5 Å². The third-order valence-corrected chi connectivity index (χ3v) is 2.97.